The summed E-state index contributed by atoms with van der Waals surface area (Å²) in [4.78, 5) is 0. The Kier molecular flexibility index (Phi) is 2.04. The second-order valence-electron chi connectivity index (χ2n) is 3.81. The average molecular weight is 237 g/mol. The van der Waals surface area contributed by atoms with Crippen molar-refractivity contribution < 1.29 is 0 Å². The quantitative estimate of drug-likeness (QED) is 0.800. The van der Waals surface area contributed by atoms with Crippen LogP contribution in [0.25, 0.3) is 0 Å². The van der Waals surface area contributed by atoms with Crippen molar-refractivity contribution in [3.63, 3.8) is 0 Å². The van der Waals surface area contributed by atoms with Gasteiger partial charge < -0.3 is 0 Å². The van der Waals surface area contributed by atoms with Crippen LogP contribution in [-0.4, -0.2) is 10.2 Å². The third kappa shape index (κ3) is 1.46. The molecule has 1 aliphatic carbocycles. The number of halogens is 1. The summed E-state index contributed by atoms with van der Waals surface area (Å²) in [6.45, 7) is 0. The van der Waals surface area contributed by atoms with Crippen molar-refractivity contribution in [1.82, 2.24) is 10.2 Å². The van der Waals surface area contributed by atoms with Crippen LogP contribution in [0.2, 0.25) is 4.47 Å². The van der Waals surface area contributed by atoms with Crippen molar-refractivity contribution in [2.75, 3.05) is 0 Å². The predicted molar refractivity (Wildman–Crippen MR) is 61.4 cm³/mol. The third-order valence-electron chi connectivity index (χ3n) is 2.89. The van der Waals surface area contributed by atoms with E-state index in [1.54, 1.807) is 0 Å². The molecule has 2 nitrogen and oxygen atoms in total. The Morgan fingerprint density at radius 2 is 1.87 bits per heavy atom. The Hall–Kier alpha value is -0.930. The molecular weight excluding hydrogens is 228 g/mol. The van der Waals surface area contributed by atoms with Gasteiger partial charge in [0.25, 0.3) is 0 Å². The topological polar surface area (TPSA) is 25.8 Å². The molecule has 4 heteroatoms. The van der Waals surface area contributed by atoms with Gasteiger partial charge in [0.1, 0.15) is 5.01 Å². The number of aromatic nitrogens is 2. The monoisotopic (exact) mass is 236 g/mol. The Balaban J connectivity index is 2.05. The van der Waals surface area contributed by atoms with Crippen molar-refractivity contribution in [1.29, 1.82) is 0 Å². The first kappa shape index (κ1) is 9.31. The summed E-state index contributed by atoms with van der Waals surface area (Å²) in [5.74, 6) is 0. The molecule has 0 radical (unpaired) electrons. The van der Waals surface area contributed by atoms with Crippen LogP contribution in [0.5, 0.6) is 0 Å². The highest BCUT2D eigenvalue weighted by Gasteiger charge is 2.48. The lowest BCUT2D eigenvalue weighted by molar-refractivity contribution is 0.807. The van der Waals surface area contributed by atoms with Gasteiger partial charge in [-0.05, 0) is 30.0 Å². The molecule has 0 spiro atoms. The Morgan fingerprint density at radius 3 is 2.40 bits per heavy atom. The van der Waals surface area contributed by atoms with E-state index in [2.05, 4.69) is 34.5 Å². The van der Waals surface area contributed by atoms with Gasteiger partial charge >= 0.3 is 0 Å². The molecule has 0 atom stereocenters. The molecule has 3 rings (SSSR count). The smallest absolute Gasteiger partial charge is 0.141 e. The van der Waals surface area contributed by atoms with Gasteiger partial charge in [0.2, 0.25) is 4.47 Å². The Labute approximate surface area is 96.9 Å². The summed E-state index contributed by atoms with van der Waals surface area (Å²) >= 11 is 7.32. The first-order valence-corrected chi connectivity index (χ1v) is 6.06. The molecule has 0 unspecified atom stereocenters. The van der Waals surface area contributed by atoms with Gasteiger partial charge in [-0.25, -0.2) is 0 Å². The molecule has 76 valence electrons. The predicted octanol–water partition coefficient (Wildman–Crippen LogP) is 3.27. The van der Waals surface area contributed by atoms with E-state index in [4.69, 9.17) is 11.6 Å². The van der Waals surface area contributed by atoms with E-state index in [0.29, 0.717) is 4.47 Å². The fraction of sp³-hybridized carbons (Fsp3) is 0.273. The van der Waals surface area contributed by atoms with Crippen LogP contribution >= 0.6 is 22.9 Å². The molecule has 2 aromatic rings. The molecular formula is C11H9ClN2S. The minimum atomic E-state index is 0.117. The van der Waals surface area contributed by atoms with Crippen molar-refractivity contribution in [3.05, 3.63) is 45.4 Å². The van der Waals surface area contributed by atoms with Crippen LogP contribution in [0.1, 0.15) is 23.4 Å². The zero-order chi connectivity index (χ0) is 10.3. The van der Waals surface area contributed by atoms with Crippen LogP contribution in [0.3, 0.4) is 0 Å². The lowest BCUT2D eigenvalue weighted by Gasteiger charge is -2.10. The normalized spacial score (nSPS) is 17.7. The summed E-state index contributed by atoms with van der Waals surface area (Å²) in [6, 6.07) is 10.5. The van der Waals surface area contributed by atoms with Crippen molar-refractivity contribution in [2.45, 2.75) is 18.3 Å². The molecule has 15 heavy (non-hydrogen) atoms. The van der Waals surface area contributed by atoms with Crippen molar-refractivity contribution in [2.24, 2.45) is 0 Å². The van der Waals surface area contributed by atoms with Gasteiger partial charge in [0, 0.05) is 5.41 Å². The van der Waals surface area contributed by atoms with E-state index >= 15 is 0 Å². The van der Waals surface area contributed by atoms with Crippen LogP contribution in [0.15, 0.2) is 30.3 Å². The van der Waals surface area contributed by atoms with E-state index in [9.17, 15) is 0 Å². The third-order valence-corrected chi connectivity index (χ3v) is 4.11. The lowest BCUT2D eigenvalue weighted by Crippen LogP contribution is -2.07. The molecule has 1 aromatic heterocycles. The van der Waals surface area contributed by atoms with Gasteiger partial charge in [-0.2, -0.15) is 0 Å². The molecule has 1 saturated carbocycles. The van der Waals surface area contributed by atoms with E-state index in [1.807, 2.05) is 6.07 Å². The minimum Gasteiger partial charge on any atom is -0.141 e. The number of hydrogen-bond donors (Lipinski definition) is 0. The van der Waals surface area contributed by atoms with E-state index < -0.39 is 0 Å². The molecule has 0 bridgehead atoms. The number of nitrogens with zero attached hydrogens (tertiary/aromatic N) is 2. The van der Waals surface area contributed by atoms with Crippen LogP contribution in [0, 0.1) is 0 Å². The summed E-state index contributed by atoms with van der Waals surface area (Å²) in [5, 5.41) is 9.10. The Bertz CT molecular complexity index is 476. The van der Waals surface area contributed by atoms with Crippen LogP contribution < -0.4 is 0 Å². The second kappa shape index (κ2) is 3.29. The highest BCUT2D eigenvalue weighted by molar-refractivity contribution is 7.15. The highest BCUT2D eigenvalue weighted by atomic mass is 35.5. The summed E-state index contributed by atoms with van der Waals surface area (Å²) in [6.07, 6.45) is 2.31. The van der Waals surface area contributed by atoms with Crippen LogP contribution in [-0.2, 0) is 5.41 Å². The molecule has 0 N–H and O–H groups in total. The van der Waals surface area contributed by atoms with E-state index in [-0.39, 0.29) is 5.41 Å². The van der Waals surface area contributed by atoms with E-state index in [0.717, 1.165) is 17.8 Å². The maximum atomic E-state index is 5.83. The SMILES string of the molecule is Clc1nnc(C2(c3ccccc3)CC2)s1. The molecule has 0 saturated heterocycles. The second-order valence-corrected chi connectivity index (χ2v) is 5.37. The van der Waals surface area contributed by atoms with Gasteiger partial charge in [0.15, 0.2) is 0 Å². The summed E-state index contributed by atoms with van der Waals surface area (Å²) in [7, 11) is 0. The van der Waals surface area contributed by atoms with Crippen LogP contribution in [0.4, 0.5) is 0 Å². The fourth-order valence-corrected chi connectivity index (χ4v) is 3.00. The largest absolute Gasteiger partial charge is 0.207 e. The number of benzene rings is 1. The molecule has 1 aliphatic rings. The standard InChI is InChI=1S/C11H9ClN2S/c12-10-14-13-9(15-10)11(6-7-11)8-4-2-1-3-5-8/h1-5H,6-7H2. The highest BCUT2D eigenvalue weighted by Crippen LogP contribution is 2.54. The van der Waals surface area contributed by atoms with Crippen molar-refractivity contribution >= 4 is 22.9 Å². The van der Waals surface area contributed by atoms with E-state index in [1.165, 1.54) is 16.9 Å². The molecule has 1 aromatic carbocycles. The number of rotatable bonds is 2. The molecule has 0 amide bonds. The first-order valence-electron chi connectivity index (χ1n) is 4.86. The van der Waals surface area contributed by atoms with Gasteiger partial charge in [-0.3, -0.25) is 0 Å². The zero-order valence-corrected chi connectivity index (χ0v) is 9.55. The lowest BCUT2D eigenvalue weighted by atomic mass is 9.97. The maximum absolute atomic E-state index is 5.83. The van der Waals surface area contributed by atoms with Gasteiger partial charge in [-0.1, -0.05) is 41.7 Å². The van der Waals surface area contributed by atoms with Crippen molar-refractivity contribution in [3.8, 4) is 0 Å². The summed E-state index contributed by atoms with van der Waals surface area (Å²) < 4.78 is 0.534. The molecule has 1 fully saturated rings. The average Bonchev–Trinajstić information content (AvgIpc) is 2.98. The van der Waals surface area contributed by atoms with Gasteiger partial charge in [0.05, 0.1) is 0 Å². The fourth-order valence-electron chi connectivity index (χ4n) is 1.91. The molecule has 1 heterocycles. The Morgan fingerprint density at radius 1 is 1.13 bits per heavy atom. The van der Waals surface area contributed by atoms with Gasteiger partial charge in [-0.15, -0.1) is 10.2 Å². The maximum Gasteiger partial charge on any atom is 0.207 e. The first-order chi connectivity index (χ1) is 7.31. The summed E-state index contributed by atoms with van der Waals surface area (Å²) in [5.41, 5.74) is 1.45. The molecule has 0 aliphatic heterocycles. The zero-order valence-electron chi connectivity index (χ0n) is 7.98. The number of hydrogen-bond acceptors (Lipinski definition) is 3. The minimum absolute atomic E-state index is 0.117.